The van der Waals surface area contributed by atoms with Crippen LogP contribution in [0, 0.1) is 11.7 Å². The summed E-state index contributed by atoms with van der Waals surface area (Å²) >= 11 is 12.6. The number of nitrogens with zero attached hydrogens (tertiary/aromatic N) is 1. The molecule has 0 aromatic heterocycles. The van der Waals surface area contributed by atoms with Gasteiger partial charge in [0.05, 0.1) is 17.9 Å². The van der Waals surface area contributed by atoms with Gasteiger partial charge in [-0.25, -0.2) is 17.5 Å². The summed E-state index contributed by atoms with van der Waals surface area (Å²) < 4.78 is 51.9. The number of carbonyl (C=O) groups is 1. The number of likely N-dealkylation sites (tertiary alicyclic amines) is 1. The number of piperidine rings is 1. The van der Waals surface area contributed by atoms with Crippen molar-refractivity contribution >= 4 is 39.1 Å². The van der Waals surface area contributed by atoms with Gasteiger partial charge in [-0.3, -0.25) is 9.69 Å². The number of ether oxygens (including phenoxy) is 2. The van der Waals surface area contributed by atoms with Gasteiger partial charge in [0, 0.05) is 35.9 Å². The Labute approximate surface area is 240 Å². The smallest absolute Gasteiger partial charge is 0.267 e. The van der Waals surface area contributed by atoms with Crippen LogP contribution in [-0.2, 0) is 14.8 Å². The van der Waals surface area contributed by atoms with Gasteiger partial charge in [0.25, 0.3) is 5.91 Å². The second kappa shape index (κ2) is 13.2. The Morgan fingerprint density at radius 3 is 2.36 bits per heavy atom. The van der Waals surface area contributed by atoms with E-state index in [4.69, 9.17) is 32.7 Å². The molecule has 0 unspecified atom stereocenters. The Hall–Kier alpha value is -1.91. The fourth-order valence-electron chi connectivity index (χ4n) is 5.05. The third kappa shape index (κ3) is 8.07. The summed E-state index contributed by atoms with van der Waals surface area (Å²) in [5, 5.41) is 1.22. The highest BCUT2D eigenvalue weighted by molar-refractivity contribution is 7.90. The summed E-state index contributed by atoms with van der Waals surface area (Å²) in [6.07, 6.45) is 4.48. The van der Waals surface area contributed by atoms with E-state index in [0.717, 1.165) is 56.3 Å². The third-order valence-corrected chi connectivity index (χ3v) is 9.11. The van der Waals surface area contributed by atoms with Gasteiger partial charge in [0.2, 0.25) is 10.0 Å². The summed E-state index contributed by atoms with van der Waals surface area (Å²) in [7, 11) is -2.10. The molecule has 1 amide bonds. The fourth-order valence-corrected chi connectivity index (χ4v) is 6.13. The highest BCUT2D eigenvalue weighted by atomic mass is 35.5. The lowest BCUT2D eigenvalue weighted by Crippen LogP contribution is -2.38. The minimum Gasteiger partial charge on any atom is -0.493 e. The number of hydrogen-bond acceptors (Lipinski definition) is 6. The Kier molecular flexibility index (Phi) is 10.1. The second-order valence-corrected chi connectivity index (χ2v) is 13.2. The second-order valence-electron chi connectivity index (χ2n) is 10.3. The van der Waals surface area contributed by atoms with Crippen molar-refractivity contribution in [2.24, 2.45) is 5.92 Å². The first kappa shape index (κ1) is 30.1. The molecule has 0 radical (unpaired) electrons. The summed E-state index contributed by atoms with van der Waals surface area (Å²) in [5.74, 6) is -1.12. The number of rotatable bonds is 12. The molecular formula is C28H35Cl2FN2O5S. The lowest BCUT2D eigenvalue weighted by molar-refractivity contribution is 0.0837. The van der Waals surface area contributed by atoms with Gasteiger partial charge in [-0.15, -0.1) is 0 Å². The number of benzene rings is 2. The van der Waals surface area contributed by atoms with Crippen LogP contribution < -0.4 is 9.46 Å². The molecule has 1 saturated carbocycles. The summed E-state index contributed by atoms with van der Waals surface area (Å²) in [6, 6.07) is 8.45. The number of nitrogens with one attached hydrogen (secondary N) is 1. The zero-order valence-corrected chi connectivity index (χ0v) is 24.5. The third-order valence-electron chi connectivity index (χ3n) is 7.42. The number of hydrogen-bond donors (Lipinski definition) is 1. The van der Waals surface area contributed by atoms with Crippen molar-refractivity contribution in [1.82, 2.24) is 9.62 Å². The number of halogens is 3. The van der Waals surface area contributed by atoms with Gasteiger partial charge in [-0.1, -0.05) is 23.2 Å². The van der Waals surface area contributed by atoms with E-state index in [2.05, 4.69) is 4.90 Å². The number of sulfonamides is 1. The van der Waals surface area contributed by atoms with Crippen LogP contribution in [-0.4, -0.2) is 58.4 Å². The molecule has 7 nitrogen and oxygen atoms in total. The van der Waals surface area contributed by atoms with E-state index >= 15 is 0 Å². The minimum absolute atomic E-state index is 0.133. The summed E-state index contributed by atoms with van der Waals surface area (Å²) in [6.45, 7) is 4.19. The Morgan fingerprint density at radius 1 is 1.10 bits per heavy atom. The fraction of sp³-hybridized carbons (Fsp3) is 0.536. The maximum atomic E-state index is 14.9. The number of carbonyl (C=O) groups excluding carboxylic acids is 1. The van der Waals surface area contributed by atoms with Crippen molar-refractivity contribution in [2.75, 3.05) is 39.2 Å². The summed E-state index contributed by atoms with van der Waals surface area (Å²) in [4.78, 5) is 14.9. The zero-order valence-electron chi connectivity index (χ0n) is 22.2. The van der Waals surface area contributed by atoms with E-state index in [1.807, 2.05) is 16.9 Å². The molecule has 0 spiro atoms. The van der Waals surface area contributed by atoms with Gasteiger partial charge in [-0.2, -0.15) is 0 Å². The molecule has 1 saturated heterocycles. The number of methoxy groups -OCH3 is 1. The first-order chi connectivity index (χ1) is 18.6. The average molecular weight is 602 g/mol. The Bertz CT molecular complexity index is 1260. The maximum absolute atomic E-state index is 14.9. The van der Waals surface area contributed by atoms with Crippen LogP contribution in [0.4, 0.5) is 4.39 Å². The van der Waals surface area contributed by atoms with Crippen LogP contribution in [0.2, 0.25) is 10.0 Å². The van der Waals surface area contributed by atoms with Crippen molar-refractivity contribution in [3.63, 3.8) is 0 Å². The molecule has 39 heavy (non-hydrogen) atoms. The van der Waals surface area contributed by atoms with E-state index in [-0.39, 0.29) is 23.3 Å². The van der Waals surface area contributed by atoms with Gasteiger partial charge in [0.1, 0.15) is 11.6 Å². The molecule has 2 aromatic rings. The molecule has 1 aliphatic heterocycles. The predicted octanol–water partition coefficient (Wildman–Crippen LogP) is 5.96. The van der Waals surface area contributed by atoms with Crippen LogP contribution >= 0.6 is 23.2 Å². The quantitative estimate of drug-likeness (QED) is 0.323. The molecule has 2 aliphatic rings. The highest BCUT2D eigenvalue weighted by Gasteiger charge is 2.31. The number of amides is 1. The molecule has 2 fully saturated rings. The molecule has 1 aliphatic carbocycles. The standard InChI is InChI=1S/C28H35Cl2FN2O5S/c1-3-39(35,36)32-28(34)24-15-23(19-4-5-19)27(16-25(24)31)38-17-18-6-9-33(10-7-18)26(8-11-37-2)20-12-21(29)14-22(30)13-20/h12-16,18-19,26H,3-11,17H2,1-2H3,(H,32,34)/t26-/m0/s1. The van der Waals surface area contributed by atoms with E-state index in [0.29, 0.717) is 34.9 Å². The molecule has 4 rings (SSSR count). The Morgan fingerprint density at radius 2 is 1.77 bits per heavy atom. The molecule has 1 atom stereocenters. The topological polar surface area (TPSA) is 84.9 Å². The van der Waals surface area contributed by atoms with Crippen molar-refractivity contribution in [1.29, 1.82) is 0 Å². The van der Waals surface area contributed by atoms with Gasteiger partial charge in [-0.05, 0) is 99.3 Å². The molecule has 1 heterocycles. The van der Waals surface area contributed by atoms with Crippen LogP contribution in [0.1, 0.15) is 72.5 Å². The lowest BCUT2D eigenvalue weighted by Gasteiger charge is -2.38. The molecular weight excluding hydrogens is 566 g/mol. The first-order valence-electron chi connectivity index (χ1n) is 13.3. The minimum atomic E-state index is -3.80. The van der Waals surface area contributed by atoms with Gasteiger partial charge < -0.3 is 9.47 Å². The SMILES string of the molecule is CCS(=O)(=O)NC(=O)c1cc(C2CC2)c(OCC2CCN([C@@H](CCOC)c3cc(Cl)cc(Cl)c3)CC2)cc1F. The largest absolute Gasteiger partial charge is 0.493 e. The van der Waals surface area contributed by atoms with Crippen LogP contribution in [0.25, 0.3) is 0 Å². The summed E-state index contributed by atoms with van der Waals surface area (Å²) in [5.41, 5.74) is 1.54. The first-order valence-corrected chi connectivity index (χ1v) is 15.7. The van der Waals surface area contributed by atoms with Crippen molar-refractivity contribution in [3.8, 4) is 5.75 Å². The molecule has 0 bridgehead atoms. The van der Waals surface area contributed by atoms with Gasteiger partial charge in [0.15, 0.2) is 0 Å². The van der Waals surface area contributed by atoms with Crippen molar-refractivity contribution in [3.05, 3.63) is 62.9 Å². The van der Waals surface area contributed by atoms with E-state index in [9.17, 15) is 17.6 Å². The van der Waals surface area contributed by atoms with Crippen molar-refractivity contribution < 1.29 is 27.1 Å². The Balaban J connectivity index is 1.40. The van der Waals surface area contributed by atoms with Gasteiger partial charge >= 0.3 is 0 Å². The normalized spacial score (nSPS) is 17.7. The average Bonchev–Trinajstić information content (AvgIpc) is 3.73. The van der Waals surface area contributed by atoms with Crippen LogP contribution in [0.15, 0.2) is 30.3 Å². The molecule has 1 N–H and O–H groups in total. The van der Waals surface area contributed by atoms with Crippen LogP contribution in [0.5, 0.6) is 5.75 Å². The monoisotopic (exact) mass is 600 g/mol. The van der Waals surface area contributed by atoms with E-state index in [1.165, 1.54) is 19.1 Å². The maximum Gasteiger partial charge on any atom is 0.267 e. The highest BCUT2D eigenvalue weighted by Crippen LogP contribution is 2.45. The lowest BCUT2D eigenvalue weighted by atomic mass is 9.93. The zero-order chi connectivity index (χ0) is 28.2. The van der Waals surface area contributed by atoms with E-state index < -0.39 is 21.7 Å². The van der Waals surface area contributed by atoms with Crippen molar-refractivity contribution in [2.45, 2.75) is 51.0 Å². The molecule has 214 valence electrons. The van der Waals surface area contributed by atoms with E-state index in [1.54, 1.807) is 13.2 Å². The predicted molar refractivity (Wildman–Crippen MR) is 151 cm³/mol. The molecule has 2 aromatic carbocycles. The molecule has 11 heteroatoms. The van der Waals surface area contributed by atoms with Crippen LogP contribution in [0.3, 0.4) is 0 Å².